The van der Waals surface area contributed by atoms with Gasteiger partial charge in [-0.1, -0.05) is 0 Å². The van der Waals surface area contributed by atoms with Crippen LogP contribution in [0.3, 0.4) is 0 Å². The molecule has 21 heavy (non-hydrogen) atoms. The third-order valence-electron chi connectivity index (χ3n) is 2.60. The molecule has 0 radical (unpaired) electrons. The minimum absolute atomic E-state index is 0.0452. The lowest BCUT2D eigenvalue weighted by molar-refractivity contribution is -0.123. The Bertz CT molecular complexity index is 612. The fourth-order valence-electron chi connectivity index (χ4n) is 1.64. The zero-order valence-electron chi connectivity index (χ0n) is 10.9. The first-order valence-corrected chi connectivity index (χ1v) is 7.21. The van der Waals surface area contributed by atoms with Crippen LogP contribution in [-0.4, -0.2) is 12.5 Å². The van der Waals surface area contributed by atoms with Crippen molar-refractivity contribution in [2.24, 2.45) is 0 Å². The number of carbonyl (C=O) groups is 1. The van der Waals surface area contributed by atoms with Crippen molar-refractivity contribution in [2.45, 2.75) is 6.54 Å². The fraction of sp³-hybridized carbons (Fsp3) is 0.133. The maximum absolute atomic E-state index is 13.0. The van der Waals surface area contributed by atoms with E-state index in [1.165, 1.54) is 12.1 Å². The molecule has 1 amide bonds. The van der Waals surface area contributed by atoms with Crippen molar-refractivity contribution in [2.75, 3.05) is 6.61 Å². The van der Waals surface area contributed by atoms with Crippen molar-refractivity contribution in [3.63, 3.8) is 0 Å². The molecule has 2 aromatic rings. The number of halogens is 3. The molecule has 0 aliphatic carbocycles. The Morgan fingerprint density at radius 3 is 2.33 bits per heavy atom. The maximum Gasteiger partial charge on any atom is 0.258 e. The number of hydrogen-bond donors (Lipinski definition) is 1. The lowest BCUT2D eigenvalue weighted by Crippen LogP contribution is -2.28. The van der Waals surface area contributed by atoms with E-state index in [0.29, 0.717) is 11.3 Å². The van der Waals surface area contributed by atoms with Crippen LogP contribution in [-0.2, 0) is 11.3 Å². The van der Waals surface area contributed by atoms with Crippen LogP contribution in [0.2, 0.25) is 0 Å². The quantitative estimate of drug-likeness (QED) is 0.779. The smallest absolute Gasteiger partial charge is 0.258 e. The summed E-state index contributed by atoms with van der Waals surface area (Å²) in [6.45, 7) is -0.109. The molecule has 0 heterocycles. The topological polar surface area (TPSA) is 38.3 Å². The summed E-state index contributed by atoms with van der Waals surface area (Å²) < 4.78 is 32.3. The van der Waals surface area contributed by atoms with E-state index in [0.717, 1.165) is 9.64 Å². The summed E-state index contributed by atoms with van der Waals surface area (Å²) in [5, 5.41) is 2.54. The Morgan fingerprint density at radius 1 is 1.10 bits per heavy atom. The molecule has 2 rings (SSSR count). The summed E-state index contributed by atoms with van der Waals surface area (Å²) in [5.41, 5.74) is 0.357. The van der Waals surface area contributed by atoms with E-state index in [1.54, 1.807) is 12.1 Å². The second-order valence-corrected chi connectivity index (χ2v) is 5.54. The average Bonchev–Trinajstić information content (AvgIpc) is 2.43. The molecular weight excluding hydrogens is 391 g/mol. The van der Waals surface area contributed by atoms with E-state index >= 15 is 0 Å². The molecule has 1 N–H and O–H groups in total. The van der Waals surface area contributed by atoms with Gasteiger partial charge in [-0.25, -0.2) is 8.78 Å². The molecule has 0 aliphatic heterocycles. The highest BCUT2D eigenvalue weighted by atomic mass is 127. The van der Waals surface area contributed by atoms with E-state index in [2.05, 4.69) is 27.9 Å². The summed E-state index contributed by atoms with van der Waals surface area (Å²) >= 11 is 2.17. The molecule has 0 saturated carbocycles. The van der Waals surface area contributed by atoms with Crippen LogP contribution in [0, 0.1) is 15.2 Å². The first kappa shape index (κ1) is 15.7. The van der Waals surface area contributed by atoms with Crippen molar-refractivity contribution in [1.29, 1.82) is 0 Å². The Kier molecular flexibility index (Phi) is 5.49. The van der Waals surface area contributed by atoms with Gasteiger partial charge < -0.3 is 10.1 Å². The number of carbonyl (C=O) groups excluding carboxylic acids is 1. The van der Waals surface area contributed by atoms with E-state index < -0.39 is 11.6 Å². The highest BCUT2D eigenvalue weighted by Gasteiger charge is 2.05. The molecule has 0 unspecified atom stereocenters. The van der Waals surface area contributed by atoms with Gasteiger partial charge in [0, 0.05) is 16.2 Å². The van der Waals surface area contributed by atoms with Crippen LogP contribution in [0.1, 0.15) is 5.56 Å². The average molecular weight is 403 g/mol. The van der Waals surface area contributed by atoms with Gasteiger partial charge in [0.25, 0.3) is 5.91 Å². The van der Waals surface area contributed by atoms with Gasteiger partial charge in [0.15, 0.2) is 6.61 Å². The molecule has 0 aliphatic rings. The minimum Gasteiger partial charge on any atom is -0.484 e. The van der Waals surface area contributed by atoms with E-state index in [9.17, 15) is 13.6 Å². The molecule has 3 nitrogen and oxygen atoms in total. The second-order valence-electron chi connectivity index (χ2n) is 4.30. The normalized spacial score (nSPS) is 10.2. The van der Waals surface area contributed by atoms with Crippen molar-refractivity contribution in [3.05, 3.63) is 63.2 Å². The summed E-state index contributed by atoms with van der Waals surface area (Å²) in [6, 6.07) is 10.4. The van der Waals surface area contributed by atoms with Gasteiger partial charge >= 0.3 is 0 Å². The predicted octanol–water partition coefficient (Wildman–Crippen LogP) is 3.26. The van der Waals surface area contributed by atoms with Gasteiger partial charge in [0.05, 0.1) is 0 Å². The van der Waals surface area contributed by atoms with Gasteiger partial charge in [-0.2, -0.15) is 0 Å². The van der Waals surface area contributed by atoms with E-state index in [-0.39, 0.29) is 19.1 Å². The lowest BCUT2D eigenvalue weighted by atomic mass is 10.2. The lowest BCUT2D eigenvalue weighted by Gasteiger charge is -2.08. The number of benzene rings is 2. The largest absolute Gasteiger partial charge is 0.484 e. The SMILES string of the molecule is O=C(COc1ccc(I)cc1)NCc1cc(F)cc(F)c1. The van der Waals surface area contributed by atoms with Crippen LogP contribution in [0.25, 0.3) is 0 Å². The monoisotopic (exact) mass is 403 g/mol. The highest BCUT2D eigenvalue weighted by Crippen LogP contribution is 2.13. The third-order valence-corrected chi connectivity index (χ3v) is 3.31. The van der Waals surface area contributed by atoms with Crippen LogP contribution < -0.4 is 10.1 Å². The molecule has 0 aromatic heterocycles. The first-order chi connectivity index (χ1) is 10.0. The Balaban J connectivity index is 1.80. The minimum atomic E-state index is -0.672. The first-order valence-electron chi connectivity index (χ1n) is 6.13. The van der Waals surface area contributed by atoms with Crippen LogP contribution in [0.15, 0.2) is 42.5 Å². The highest BCUT2D eigenvalue weighted by molar-refractivity contribution is 14.1. The van der Waals surface area contributed by atoms with Crippen LogP contribution in [0.5, 0.6) is 5.75 Å². The molecule has 0 spiro atoms. The zero-order valence-corrected chi connectivity index (χ0v) is 13.1. The number of amides is 1. The standard InChI is InChI=1S/C15H12F2INO2/c16-11-5-10(6-12(17)7-11)8-19-15(20)9-21-14-3-1-13(18)2-4-14/h1-7H,8-9H2,(H,19,20). The van der Waals surface area contributed by atoms with Gasteiger partial charge in [-0.3, -0.25) is 4.79 Å². The van der Waals surface area contributed by atoms with Crippen LogP contribution >= 0.6 is 22.6 Å². The van der Waals surface area contributed by atoms with Crippen molar-refractivity contribution in [3.8, 4) is 5.75 Å². The number of rotatable bonds is 5. The molecule has 0 atom stereocenters. The predicted molar refractivity (Wildman–Crippen MR) is 82.9 cm³/mol. The van der Waals surface area contributed by atoms with E-state index in [1.807, 2.05) is 12.1 Å². The molecular formula is C15H12F2INO2. The van der Waals surface area contributed by atoms with Gasteiger partial charge in [-0.15, -0.1) is 0 Å². The third kappa shape index (κ3) is 5.30. The Hall–Kier alpha value is -1.70. The fourth-order valence-corrected chi connectivity index (χ4v) is 2.00. The Morgan fingerprint density at radius 2 is 1.71 bits per heavy atom. The number of ether oxygens (including phenoxy) is 1. The van der Waals surface area contributed by atoms with Crippen LogP contribution in [0.4, 0.5) is 8.78 Å². The molecule has 0 fully saturated rings. The molecule has 0 saturated heterocycles. The summed E-state index contributed by atoms with van der Waals surface area (Å²) in [4.78, 5) is 11.6. The van der Waals surface area contributed by atoms with Gasteiger partial charge in [0.1, 0.15) is 17.4 Å². The van der Waals surface area contributed by atoms with Crippen molar-refractivity contribution in [1.82, 2.24) is 5.32 Å². The zero-order chi connectivity index (χ0) is 15.2. The molecule has 0 bridgehead atoms. The molecule has 6 heteroatoms. The Labute approximate surface area is 134 Å². The second kappa shape index (κ2) is 7.35. The maximum atomic E-state index is 13.0. The molecule has 2 aromatic carbocycles. The van der Waals surface area contributed by atoms with Gasteiger partial charge in [-0.05, 0) is 64.6 Å². The molecule has 110 valence electrons. The summed E-state index contributed by atoms with van der Waals surface area (Å²) in [6.07, 6.45) is 0. The summed E-state index contributed by atoms with van der Waals surface area (Å²) in [7, 11) is 0. The van der Waals surface area contributed by atoms with E-state index in [4.69, 9.17) is 4.74 Å². The van der Waals surface area contributed by atoms with Crippen molar-refractivity contribution >= 4 is 28.5 Å². The van der Waals surface area contributed by atoms with Gasteiger partial charge in [0.2, 0.25) is 0 Å². The summed E-state index contributed by atoms with van der Waals surface area (Å²) in [5.74, 6) is -1.12. The number of hydrogen-bond acceptors (Lipinski definition) is 2. The van der Waals surface area contributed by atoms with Crippen molar-refractivity contribution < 1.29 is 18.3 Å². The number of nitrogens with one attached hydrogen (secondary N) is 1.